The van der Waals surface area contributed by atoms with E-state index in [-0.39, 0.29) is 5.91 Å². The van der Waals surface area contributed by atoms with Crippen molar-refractivity contribution < 1.29 is 24.3 Å². The van der Waals surface area contributed by atoms with Crippen molar-refractivity contribution in [3.8, 4) is 5.75 Å². The van der Waals surface area contributed by atoms with Crippen LogP contribution in [0.15, 0.2) is 54.6 Å². The van der Waals surface area contributed by atoms with E-state index in [0.29, 0.717) is 37.6 Å². The summed E-state index contributed by atoms with van der Waals surface area (Å²) >= 11 is 0. The zero-order valence-electron chi connectivity index (χ0n) is 17.2. The highest BCUT2D eigenvalue weighted by Crippen LogP contribution is 2.23. The monoisotopic (exact) mass is 423 g/mol. The maximum atomic E-state index is 13.1. The molecule has 3 N–H and O–H groups in total. The van der Waals surface area contributed by atoms with Gasteiger partial charge in [0.1, 0.15) is 5.75 Å². The Morgan fingerprint density at radius 2 is 1.81 bits per heavy atom. The minimum Gasteiger partial charge on any atom is -0.497 e. The first kappa shape index (κ1) is 22.2. The maximum Gasteiger partial charge on any atom is 0.267 e. The number of nitrogens with zero attached hydrogens (tertiary/aromatic N) is 1. The Morgan fingerprint density at radius 3 is 2.48 bits per heavy atom. The third-order valence-corrected chi connectivity index (χ3v) is 4.68. The van der Waals surface area contributed by atoms with E-state index in [2.05, 4.69) is 5.43 Å². The topological polar surface area (TPSA) is 100 Å². The van der Waals surface area contributed by atoms with E-state index >= 15 is 0 Å². The number of carbonyl (C=O) groups excluding carboxylic acids is 2. The molecule has 0 unspecified atom stereocenters. The van der Waals surface area contributed by atoms with Gasteiger partial charge in [0, 0.05) is 24.7 Å². The minimum atomic E-state index is -0.607. The molecular weight excluding hydrogens is 398 g/mol. The van der Waals surface area contributed by atoms with E-state index in [0.717, 1.165) is 16.7 Å². The van der Waals surface area contributed by atoms with Gasteiger partial charge >= 0.3 is 0 Å². The molecule has 0 spiro atoms. The van der Waals surface area contributed by atoms with Crippen molar-refractivity contribution in [3.63, 3.8) is 0 Å². The molecule has 0 atom stereocenters. The molecule has 2 amide bonds. The van der Waals surface area contributed by atoms with Gasteiger partial charge in [0.05, 0.1) is 20.3 Å². The number of carbonyl (C=O) groups is 2. The molecule has 0 aliphatic carbocycles. The van der Waals surface area contributed by atoms with E-state index in [4.69, 9.17) is 14.7 Å². The van der Waals surface area contributed by atoms with Gasteiger partial charge in [0.2, 0.25) is 0 Å². The first-order chi connectivity index (χ1) is 15.1. The van der Waals surface area contributed by atoms with E-state index in [1.807, 2.05) is 53.5 Å². The highest BCUT2D eigenvalue weighted by molar-refractivity contribution is 6.24. The van der Waals surface area contributed by atoms with Crippen LogP contribution in [-0.4, -0.2) is 55.4 Å². The number of hydrogen-bond donors (Lipinski definition) is 3. The van der Waals surface area contributed by atoms with Gasteiger partial charge in [-0.25, -0.2) is 10.5 Å². The van der Waals surface area contributed by atoms with Gasteiger partial charge in [-0.3, -0.25) is 20.2 Å². The minimum absolute atomic E-state index is 0.223. The number of amides is 2. The summed E-state index contributed by atoms with van der Waals surface area (Å²) in [5.74, 6) is -0.173. The summed E-state index contributed by atoms with van der Waals surface area (Å²) in [5.41, 5.74) is 7.32. The SMILES string of the molecule is COc1cccc(C(=Cc2ccc(/C=C/C(=O)NO)cc2)C(=O)NN2CCOCC2)c1. The lowest BCUT2D eigenvalue weighted by molar-refractivity contribution is -0.124. The molecule has 3 rings (SSSR count). The first-order valence-corrected chi connectivity index (χ1v) is 9.81. The molecule has 0 saturated carbocycles. The van der Waals surface area contributed by atoms with Gasteiger partial charge in [-0.1, -0.05) is 36.4 Å². The number of ether oxygens (including phenoxy) is 2. The van der Waals surface area contributed by atoms with Crippen LogP contribution in [0.4, 0.5) is 0 Å². The highest BCUT2D eigenvalue weighted by Gasteiger charge is 2.18. The van der Waals surface area contributed by atoms with Crippen LogP contribution in [0.1, 0.15) is 16.7 Å². The Morgan fingerprint density at radius 1 is 1.10 bits per heavy atom. The van der Waals surface area contributed by atoms with Crippen LogP contribution in [0.25, 0.3) is 17.7 Å². The second kappa shape index (κ2) is 11.1. The number of methoxy groups -OCH3 is 1. The lowest BCUT2D eigenvalue weighted by atomic mass is 10.0. The molecule has 0 aromatic heterocycles. The fourth-order valence-corrected chi connectivity index (χ4v) is 3.03. The highest BCUT2D eigenvalue weighted by atomic mass is 16.5. The molecule has 1 heterocycles. The van der Waals surface area contributed by atoms with Crippen molar-refractivity contribution >= 4 is 29.5 Å². The largest absolute Gasteiger partial charge is 0.497 e. The number of hydrazine groups is 1. The van der Waals surface area contributed by atoms with E-state index in [1.54, 1.807) is 24.7 Å². The van der Waals surface area contributed by atoms with Crippen LogP contribution >= 0.6 is 0 Å². The second-order valence-electron chi connectivity index (χ2n) is 6.81. The third kappa shape index (κ3) is 6.51. The lowest BCUT2D eigenvalue weighted by Crippen LogP contribution is -2.48. The van der Waals surface area contributed by atoms with Gasteiger partial charge in [-0.2, -0.15) is 0 Å². The van der Waals surface area contributed by atoms with Crippen LogP contribution in [0.5, 0.6) is 5.75 Å². The predicted molar refractivity (Wildman–Crippen MR) is 117 cm³/mol. The molecule has 31 heavy (non-hydrogen) atoms. The zero-order valence-corrected chi connectivity index (χ0v) is 17.2. The number of hydroxylamine groups is 1. The summed E-state index contributed by atoms with van der Waals surface area (Å²) in [4.78, 5) is 24.2. The second-order valence-corrected chi connectivity index (χ2v) is 6.81. The summed E-state index contributed by atoms with van der Waals surface area (Å²) in [5, 5.41) is 10.4. The molecule has 1 fully saturated rings. The number of rotatable bonds is 7. The Bertz CT molecular complexity index is 963. The Kier molecular flexibility index (Phi) is 7.94. The lowest BCUT2D eigenvalue weighted by Gasteiger charge is -2.27. The van der Waals surface area contributed by atoms with Crippen LogP contribution in [-0.2, 0) is 14.3 Å². The Hall–Kier alpha value is -3.46. The van der Waals surface area contributed by atoms with Gasteiger partial charge < -0.3 is 9.47 Å². The number of benzene rings is 2. The molecule has 0 bridgehead atoms. The normalized spacial score (nSPS) is 15.0. The molecule has 8 nitrogen and oxygen atoms in total. The number of hydrogen-bond acceptors (Lipinski definition) is 6. The molecule has 2 aromatic carbocycles. The van der Waals surface area contributed by atoms with Crippen LogP contribution in [0, 0.1) is 0 Å². The standard InChI is InChI=1S/C23H25N3O5/c1-30-20-4-2-3-19(16-20)21(23(28)24-26-11-13-31-14-12-26)15-18-7-5-17(6-8-18)9-10-22(27)25-29/h2-10,15-16,29H,11-14H2,1H3,(H,24,28)(H,25,27)/b10-9+,21-15?. The van der Waals surface area contributed by atoms with E-state index < -0.39 is 5.91 Å². The van der Waals surface area contributed by atoms with Crippen molar-refractivity contribution in [1.82, 2.24) is 15.9 Å². The van der Waals surface area contributed by atoms with E-state index in [9.17, 15) is 9.59 Å². The molecule has 2 aromatic rings. The quantitative estimate of drug-likeness (QED) is 0.273. The number of nitrogens with one attached hydrogen (secondary N) is 2. The fourth-order valence-electron chi connectivity index (χ4n) is 3.03. The van der Waals surface area contributed by atoms with Crippen molar-refractivity contribution in [2.24, 2.45) is 0 Å². The van der Waals surface area contributed by atoms with Gasteiger partial charge in [0.15, 0.2) is 0 Å². The van der Waals surface area contributed by atoms with E-state index in [1.165, 1.54) is 6.08 Å². The molecular formula is C23H25N3O5. The van der Waals surface area contributed by atoms with Crippen molar-refractivity contribution in [2.45, 2.75) is 0 Å². The van der Waals surface area contributed by atoms with Gasteiger partial charge in [-0.15, -0.1) is 0 Å². The average Bonchev–Trinajstić information content (AvgIpc) is 2.82. The van der Waals surface area contributed by atoms with Gasteiger partial charge in [0.25, 0.3) is 11.8 Å². The van der Waals surface area contributed by atoms with Crippen molar-refractivity contribution in [1.29, 1.82) is 0 Å². The van der Waals surface area contributed by atoms with Crippen LogP contribution in [0.2, 0.25) is 0 Å². The Balaban J connectivity index is 1.87. The summed E-state index contributed by atoms with van der Waals surface area (Å²) < 4.78 is 10.6. The Labute approximate surface area is 180 Å². The maximum absolute atomic E-state index is 13.1. The smallest absolute Gasteiger partial charge is 0.267 e. The van der Waals surface area contributed by atoms with Gasteiger partial charge in [-0.05, 0) is 41.0 Å². The molecule has 8 heteroatoms. The molecule has 1 saturated heterocycles. The molecule has 1 aliphatic heterocycles. The van der Waals surface area contributed by atoms with Crippen LogP contribution < -0.4 is 15.6 Å². The van der Waals surface area contributed by atoms with Crippen molar-refractivity contribution in [3.05, 3.63) is 71.3 Å². The molecule has 1 aliphatic rings. The van der Waals surface area contributed by atoms with Crippen molar-refractivity contribution in [2.75, 3.05) is 33.4 Å². The number of morpholine rings is 1. The zero-order chi connectivity index (χ0) is 22.1. The average molecular weight is 423 g/mol. The first-order valence-electron chi connectivity index (χ1n) is 9.81. The molecule has 0 radical (unpaired) electrons. The molecule has 162 valence electrons. The summed E-state index contributed by atoms with van der Waals surface area (Å²) in [6.07, 6.45) is 4.61. The third-order valence-electron chi connectivity index (χ3n) is 4.68. The summed E-state index contributed by atoms with van der Waals surface area (Å²) in [7, 11) is 1.58. The van der Waals surface area contributed by atoms with Crippen LogP contribution in [0.3, 0.4) is 0 Å². The summed E-state index contributed by atoms with van der Waals surface area (Å²) in [6.45, 7) is 2.39. The predicted octanol–water partition coefficient (Wildman–Crippen LogP) is 2.12. The summed E-state index contributed by atoms with van der Waals surface area (Å²) in [6, 6.07) is 14.7. The fraction of sp³-hybridized carbons (Fsp3) is 0.217.